The van der Waals surface area contributed by atoms with E-state index in [4.69, 9.17) is 4.74 Å². The van der Waals surface area contributed by atoms with Gasteiger partial charge in [-0.3, -0.25) is 9.59 Å². The molecule has 0 radical (unpaired) electrons. The Morgan fingerprint density at radius 1 is 1.36 bits per heavy atom. The lowest BCUT2D eigenvalue weighted by molar-refractivity contribution is -0.105. The van der Waals surface area contributed by atoms with Crippen molar-refractivity contribution in [2.24, 2.45) is 10.9 Å². The SMILES string of the molecule is CCC(C)/C(C=O)=C(\N=C(/C)N(C)C)NC(=O)c1ccccc1OC. The van der Waals surface area contributed by atoms with Gasteiger partial charge in [0.15, 0.2) is 0 Å². The molecule has 1 amide bonds. The lowest BCUT2D eigenvalue weighted by atomic mass is 9.99. The van der Waals surface area contributed by atoms with Crippen LogP contribution in [0.4, 0.5) is 0 Å². The number of hydrogen-bond acceptors (Lipinski definition) is 4. The van der Waals surface area contributed by atoms with E-state index in [0.717, 1.165) is 12.7 Å². The molecule has 25 heavy (non-hydrogen) atoms. The van der Waals surface area contributed by atoms with Crippen LogP contribution in [-0.2, 0) is 4.79 Å². The molecule has 0 saturated heterocycles. The van der Waals surface area contributed by atoms with Gasteiger partial charge in [0.1, 0.15) is 23.7 Å². The minimum atomic E-state index is -0.370. The highest BCUT2D eigenvalue weighted by atomic mass is 16.5. The average molecular weight is 345 g/mol. The number of rotatable bonds is 7. The minimum Gasteiger partial charge on any atom is -0.496 e. The van der Waals surface area contributed by atoms with Crippen LogP contribution in [0.5, 0.6) is 5.75 Å². The Morgan fingerprint density at radius 3 is 2.52 bits per heavy atom. The molecule has 0 heterocycles. The first-order valence-electron chi connectivity index (χ1n) is 8.21. The summed E-state index contributed by atoms with van der Waals surface area (Å²) < 4.78 is 5.23. The van der Waals surface area contributed by atoms with Gasteiger partial charge in [-0.2, -0.15) is 0 Å². The molecule has 6 heteroatoms. The lowest BCUT2D eigenvalue weighted by Gasteiger charge is -2.17. The van der Waals surface area contributed by atoms with Crippen molar-refractivity contribution in [1.29, 1.82) is 0 Å². The third-order valence-corrected chi connectivity index (χ3v) is 4.05. The number of aliphatic imine (C=N–C) groups is 1. The fourth-order valence-electron chi connectivity index (χ4n) is 2.06. The van der Waals surface area contributed by atoms with Gasteiger partial charge in [-0.25, -0.2) is 4.99 Å². The highest BCUT2D eigenvalue weighted by molar-refractivity contribution is 5.98. The third-order valence-electron chi connectivity index (χ3n) is 4.05. The van der Waals surface area contributed by atoms with Gasteiger partial charge in [0.2, 0.25) is 0 Å². The predicted molar refractivity (Wildman–Crippen MR) is 99.8 cm³/mol. The number of carbonyl (C=O) groups is 2. The third kappa shape index (κ3) is 5.45. The predicted octanol–water partition coefficient (Wildman–Crippen LogP) is 2.86. The van der Waals surface area contributed by atoms with E-state index in [2.05, 4.69) is 10.3 Å². The number of amidine groups is 1. The van der Waals surface area contributed by atoms with Crippen molar-refractivity contribution in [3.05, 3.63) is 41.2 Å². The maximum absolute atomic E-state index is 12.7. The first kappa shape index (κ1) is 20.4. The zero-order valence-electron chi connectivity index (χ0n) is 15.8. The molecule has 1 aromatic carbocycles. The van der Waals surface area contributed by atoms with E-state index >= 15 is 0 Å². The van der Waals surface area contributed by atoms with Crippen LogP contribution in [0.1, 0.15) is 37.6 Å². The molecule has 0 aromatic heterocycles. The lowest BCUT2D eigenvalue weighted by Crippen LogP contribution is -2.27. The topological polar surface area (TPSA) is 71.0 Å². The molecule has 1 atom stereocenters. The Balaban J connectivity index is 3.34. The normalized spacial score (nSPS) is 13.6. The molecule has 0 aliphatic heterocycles. The van der Waals surface area contributed by atoms with Crippen LogP contribution in [0.2, 0.25) is 0 Å². The number of carbonyl (C=O) groups excluding carboxylic acids is 2. The monoisotopic (exact) mass is 345 g/mol. The van der Waals surface area contributed by atoms with Crippen molar-refractivity contribution in [3.8, 4) is 5.75 Å². The molecule has 1 unspecified atom stereocenters. The maximum atomic E-state index is 12.7. The Labute approximate surface area is 149 Å². The number of para-hydroxylation sites is 1. The van der Waals surface area contributed by atoms with E-state index in [9.17, 15) is 9.59 Å². The van der Waals surface area contributed by atoms with Crippen LogP contribution in [0.3, 0.4) is 0 Å². The van der Waals surface area contributed by atoms with Crippen molar-refractivity contribution in [2.75, 3.05) is 21.2 Å². The average Bonchev–Trinajstić information content (AvgIpc) is 2.61. The van der Waals surface area contributed by atoms with Gasteiger partial charge in [0.25, 0.3) is 5.91 Å². The van der Waals surface area contributed by atoms with Crippen molar-refractivity contribution < 1.29 is 14.3 Å². The Hall–Kier alpha value is -2.63. The van der Waals surface area contributed by atoms with Gasteiger partial charge in [0.05, 0.1) is 12.7 Å². The van der Waals surface area contributed by atoms with Crippen molar-refractivity contribution in [3.63, 3.8) is 0 Å². The number of aldehydes is 1. The summed E-state index contributed by atoms with van der Waals surface area (Å²) in [5.41, 5.74) is 0.849. The summed E-state index contributed by atoms with van der Waals surface area (Å²) in [6.45, 7) is 5.73. The summed E-state index contributed by atoms with van der Waals surface area (Å²) >= 11 is 0. The quantitative estimate of drug-likeness (QED) is 0.357. The summed E-state index contributed by atoms with van der Waals surface area (Å²) in [5.74, 6) is 1.02. The van der Waals surface area contributed by atoms with Crippen LogP contribution >= 0.6 is 0 Å². The summed E-state index contributed by atoms with van der Waals surface area (Å²) in [4.78, 5) is 30.6. The van der Waals surface area contributed by atoms with Crippen LogP contribution in [0, 0.1) is 5.92 Å². The maximum Gasteiger partial charge on any atom is 0.260 e. The Morgan fingerprint density at radius 2 is 2.00 bits per heavy atom. The molecule has 1 N–H and O–H groups in total. The molecule has 0 saturated carbocycles. The first-order valence-corrected chi connectivity index (χ1v) is 8.21. The highest BCUT2D eigenvalue weighted by Crippen LogP contribution is 2.20. The second kappa shape index (κ2) is 9.61. The molecule has 1 rings (SSSR count). The summed E-state index contributed by atoms with van der Waals surface area (Å²) in [7, 11) is 5.21. The van der Waals surface area contributed by atoms with Gasteiger partial charge >= 0.3 is 0 Å². The number of nitrogens with zero attached hydrogens (tertiary/aromatic N) is 2. The van der Waals surface area contributed by atoms with Crippen molar-refractivity contribution >= 4 is 18.0 Å². The molecule has 1 aromatic rings. The number of benzene rings is 1. The second-order valence-electron chi connectivity index (χ2n) is 5.94. The van der Waals surface area contributed by atoms with Gasteiger partial charge in [-0.05, 0) is 31.4 Å². The van der Waals surface area contributed by atoms with E-state index < -0.39 is 0 Å². The van der Waals surface area contributed by atoms with Gasteiger partial charge < -0.3 is 15.0 Å². The van der Waals surface area contributed by atoms with Gasteiger partial charge in [-0.15, -0.1) is 0 Å². The second-order valence-corrected chi connectivity index (χ2v) is 5.94. The van der Waals surface area contributed by atoms with Gasteiger partial charge in [0, 0.05) is 19.7 Å². The Bertz CT molecular complexity index is 678. The molecule has 0 aliphatic rings. The number of ether oxygens (including phenoxy) is 1. The standard InChI is InChI=1S/C19H27N3O3/c1-7-13(2)16(12-23)18(20-14(3)22(4)5)21-19(24)15-10-8-9-11-17(15)25-6/h8-13H,7H2,1-6H3,(H,21,24)/b18-16+,20-14+. The van der Waals surface area contributed by atoms with Crippen LogP contribution < -0.4 is 10.1 Å². The zero-order valence-corrected chi connectivity index (χ0v) is 15.8. The van der Waals surface area contributed by atoms with E-state index in [1.54, 1.807) is 24.3 Å². The minimum absolute atomic E-state index is 0.0239. The van der Waals surface area contributed by atoms with Crippen molar-refractivity contribution in [2.45, 2.75) is 27.2 Å². The fourth-order valence-corrected chi connectivity index (χ4v) is 2.06. The van der Waals surface area contributed by atoms with E-state index in [-0.39, 0.29) is 17.6 Å². The molecule has 6 nitrogen and oxygen atoms in total. The molecule has 136 valence electrons. The number of methoxy groups -OCH3 is 1. The van der Waals surface area contributed by atoms with E-state index in [1.807, 2.05) is 39.8 Å². The summed E-state index contributed by atoms with van der Waals surface area (Å²) in [6.07, 6.45) is 1.52. The number of allylic oxidation sites excluding steroid dienone is 1. The number of hydrogen-bond donors (Lipinski definition) is 1. The molecule has 0 fully saturated rings. The molecular formula is C19H27N3O3. The first-order chi connectivity index (χ1) is 11.8. The zero-order chi connectivity index (χ0) is 19.0. The summed E-state index contributed by atoms with van der Waals surface area (Å²) in [6, 6.07) is 6.92. The smallest absolute Gasteiger partial charge is 0.260 e. The molecule has 0 spiro atoms. The number of nitrogens with one attached hydrogen (secondary N) is 1. The Kier molecular flexibility index (Phi) is 7.85. The van der Waals surface area contributed by atoms with Crippen LogP contribution in [-0.4, -0.2) is 44.1 Å². The van der Waals surface area contributed by atoms with Crippen molar-refractivity contribution in [1.82, 2.24) is 10.2 Å². The van der Waals surface area contributed by atoms with E-state index in [0.29, 0.717) is 22.7 Å². The van der Waals surface area contributed by atoms with E-state index in [1.165, 1.54) is 7.11 Å². The van der Waals surface area contributed by atoms with Crippen LogP contribution in [0.15, 0.2) is 40.7 Å². The molecule has 0 bridgehead atoms. The largest absolute Gasteiger partial charge is 0.496 e. The molecular weight excluding hydrogens is 318 g/mol. The van der Waals surface area contributed by atoms with Gasteiger partial charge in [-0.1, -0.05) is 26.0 Å². The highest BCUT2D eigenvalue weighted by Gasteiger charge is 2.18. The van der Waals surface area contributed by atoms with Crippen LogP contribution in [0.25, 0.3) is 0 Å². The summed E-state index contributed by atoms with van der Waals surface area (Å²) in [5, 5.41) is 2.78. The molecule has 0 aliphatic carbocycles. The number of amides is 1. The fraction of sp³-hybridized carbons (Fsp3) is 0.421.